The molecule has 1 aliphatic rings. The maximum absolute atomic E-state index is 4.76. The van der Waals surface area contributed by atoms with Crippen molar-refractivity contribution < 1.29 is 0 Å². The molecule has 1 aliphatic heterocycles. The molecule has 0 saturated carbocycles. The predicted molar refractivity (Wildman–Crippen MR) is 89.9 cm³/mol. The summed E-state index contributed by atoms with van der Waals surface area (Å²) >= 11 is 0. The van der Waals surface area contributed by atoms with Crippen molar-refractivity contribution in [2.45, 2.75) is 39.7 Å². The lowest BCUT2D eigenvalue weighted by Crippen LogP contribution is -2.31. The Labute approximate surface area is 129 Å². The SMILES string of the molecule is CCCNCc1ccc(N(C)CCN2CCCC2)nc1C. The third-order valence-corrected chi connectivity index (χ3v) is 4.26. The first-order chi connectivity index (χ1) is 10.2. The number of likely N-dealkylation sites (tertiary alicyclic amines) is 1. The molecule has 2 heterocycles. The van der Waals surface area contributed by atoms with E-state index in [4.69, 9.17) is 4.98 Å². The van der Waals surface area contributed by atoms with E-state index in [0.29, 0.717) is 0 Å². The highest BCUT2D eigenvalue weighted by Crippen LogP contribution is 2.14. The van der Waals surface area contributed by atoms with Gasteiger partial charge in [-0.25, -0.2) is 4.98 Å². The molecule has 0 aromatic carbocycles. The average molecular weight is 290 g/mol. The van der Waals surface area contributed by atoms with E-state index in [1.165, 1.54) is 37.9 Å². The van der Waals surface area contributed by atoms with Crippen molar-refractivity contribution in [1.82, 2.24) is 15.2 Å². The van der Waals surface area contributed by atoms with E-state index in [9.17, 15) is 0 Å². The molecular formula is C17H30N4. The van der Waals surface area contributed by atoms with E-state index in [0.717, 1.165) is 37.7 Å². The summed E-state index contributed by atoms with van der Waals surface area (Å²) in [5.74, 6) is 1.09. The van der Waals surface area contributed by atoms with Crippen LogP contribution in [0.2, 0.25) is 0 Å². The molecule has 1 aromatic rings. The Hall–Kier alpha value is -1.13. The van der Waals surface area contributed by atoms with Crippen molar-refractivity contribution >= 4 is 5.82 Å². The summed E-state index contributed by atoms with van der Waals surface area (Å²) in [5.41, 5.74) is 2.45. The van der Waals surface area contributed by atoms with Crippen molar-refractivity contribution in [3.63, 3.8) is 0 Å². The van der Waals surface area contributed by atoms with Gasteiger partial charge in [-0.2, -0.15) is 0 Å². The number of hydrogen-bond acceptors (Lipinski definition) is 4. The second kappa shape index (κ2) is 8.35. The molecule has 1 fully saturated rings. The van der Waals surface area contributed by atoms with Gasteiger partial charge in [-0.15, -0.1) is 0 Å². The third-order valence-electron chi connectivity index (χ3n) is 4.26. The molecule has 1 aromatic heterocycles. The van der Waals surface area contributed by atoms with Crippen LogP contribution in [-0.2, 0) is 6.54 Å². The van der Waals surface area contributed by atoms with Crippen LogP contribution in [0, 0.1) is 6.92 Å². The molecule has 0 atom stereocenters. The van der Waals surface area contributed by atoms with Gasteiger partial charge < -0.3 is 15.1 Å². The Morgan fingerprint density at radius 3 is 2.71 bits per heavy atom. The van der Waals surface area contributed by atoms with Crippen LogP contribution in [0.5, 0.6) is 0 Å². The molecular weight excluding hydrogens is 260 g/mol. The number of aromatic nitrogens is 1. The zero-order chi connectivity index (χ0) is 15.1. The number of likely N-dealkylation sites (N-methyl/N-ethyl adjacent to an activating group) is 1. The highest BCUT2D eigenvalue weighted by molar-refractivity contribution is 5.40. The predicted octanol–water partition coefficient (Wildman–Crippen LogP) is 2.42. The molecule has 4 heteroatoms. The van der Waals surface area contributed by atoms with Gasteiger partial charge in [0.25, 0.3) is 0 Å². The molecule has 1 saturated heterocycles. The van der Waals surface area contributed by atoms with Crippen molar-refractivity contribution in [3.05, 3.63) is 23.4 Å². The molecule has 0 amide bonds. The number of nitrogens with zero attached hydrogens (tertiary/aromatic N) is 3. The molecule has 2 rings (SSSR count). The topological polar surface area (TPSA) is 31.4 Å². The van der Waals surface area contributed by atoms with E-state index in [-0.39, 0.29) is 0 Å². The Morgan fingerprint density at radius 1 is 1.29 bits per heavy atom. The van der Waals surface area contributed by atoms with Gasteiger partial charge in [-0.05, 0) is 57.5 Å². The highest BCUT2D eigenvalue weighted by atomic mass is 15.2. The number of hydrogen-bond donors (Lipinski definition) is 1. The standard InChI is InChI=1S/C17H30N4/c1-4-9-18-14-16-7-8-17(19-15(16)2)20(3)12-13-21-10-5-6-11-21/h7-8,18H,4-6,9-14H2,1-3H3. The van der Waals surface area contributed by atoms with Gasteiger partial charge in [0.15, 0.2) is 0 Å². The second-order valence-corrected chi connectivity index (χ2v) is 6.06. The van der Waals surface area contributed by atoms with Crippen molar-refractivity contribution in [1.29, 1.82) is 0 Å². The Balaban J connectivity index is 1.85. The Kier molecular flexibility index (Phi) is 6.46. The van der Waals surface area contributed by atoms with Crippen molar-refractivity contribution in [3.8, 4) is 0 Å². The van der Waals surface area contributed by atoms with E-state index in [1.807, 2.05) is 0 Å². The second-order valence-electron chi connectivity index (χ2n) is 6.06. The summed E-state index contributed by atoms with van der Waals surface area (Å²) in [6.45, 7) is 11.0. The van der Waals surface area contributed by atoms with Crippen molar-refractivity contribution in [2.75, 3.05) is 44.7 Å². The minimum atomic E-state index is 0.921. The minimum absolute atomic E-state index is 0.921. The van der Waals surface area contributed by atoms with E-state index in [1.54, 1.807) is 0 Å². The first kappa shape index (κ1) is 16.2. The summed E-state index contributed by atoms with van der Waals surface area (Å²) in [7, 11) is 2.15. The lowest BCUT2D eigenvalue weighted by molar-refractivity contribution is 0.346. The molecule has 0 spiro atoms. The van der Waals surface area contributed by atoms with Crippen LogP contribution in [0.25, 0.3) is 0 Å². The van der Waals surface area contributed by atoms with Gasteiger partial charge in [0.05, 0.1) is 0 Å². The number of anilines is 1. The number of aryl methyl sites for hydroxylation is 1. The fourth-order valence-corrected chi connectivity index (χ4v) is 2.79. The minimum Gasteiger partial charge on any atom is -0.358 e. The molecule has 0 radical (unpaired) electrons. The van der Waals surface area contributed by atoms with E-state index >= 15 is 0 Å². The lowest BCUT2D eigenvalue weighted by atomic mass is 10.2. The van der Waals surface area contributed by atoms with E-state index in [2.05, 4.69) is 48.1 Å². The third kappa shape index (κ3) is 4.97. The van der Waals surface area contributed by atoms with Gasteiger partial charge in [0.1, 0.15) is 5.82 Å². The summed E-state index contributed by atoms with van der Waals surface area (Å²) in [5, 5.41) is 3.44. The monoisotopic (exact) mass is 290 g/mol. The number of nitrogens with one attached hydrogen (secondary N) is 1. The molecule has 0 unspecified atom stereocenters. The van der Waals surface area contributed by atoms with Crippen LogP contribution >= 0.6 is 0 Å². The first-order valence-electron chi connectivity index (χ1n) is 8.31. The van der Waals surface area contributed by atoms with E-state index < -0.39 is 0 Å². The number of rotatable bonds is 8. The Bertz CT molecular complexity index is 427. The molecule has 118 valence electrons. The maximum Gasteiger partial charge on any atom is 0.128 e. The molecule has 1 N–H and O–H groups in total. The average Bonchev–Trinajstić information content (AvgIpc) is 3.00. The van der Waals surface area contributed by atoms with Gasteiger partial charge in [0, 0.05) is 32.4 Å². The van der Waals surface area contributed by atoms with Crippen LogP contribution in [-0.4, -0.2) is 49.7 Å². The van der Waals surface area contributed by atoms with Gasteiger partial charge in [0.2, 0.25) is 0 Å². The molecule has 0 aliphatic carbocycles. The van der Waals surface area contributed by atoms with Crippen molar-refractivity contribution in [2.24, 2.45) is 0 Å². The summed E-state index contributed by atoms with van der Waals surface area (Å²) < 4.78 is 0. The maximum atomic E-state index is 4.76. The normalized spacial score (nSPS) is 15.6. The lowest BCUT2D eigenvalue weighted by Gasteiger charge is -2.23. The van der Waals surface area contributed by atoms with Crippen LogP contribution in [0.4, 0.5) is 5.82 Å². The first-order valence-corrected chi connectivity index (χ1v) is 8.31. The van der Waals surface area contributed by atoms with Crippen LogP contribution in [0.15, 0.2) is 12.1 Å². The molecule has 21 heavy (non-hydrogen) atoms. The smallest absolute Gasteiger partial charge is 0.128 e. The summed E-state index contributed by atoms with van der Waals surface area (Å²) in [6.07, 6.45) is 3.89. The fourth-order valence-electron chi connectivity index (χ4n) is 2.79. The highest BCUT2D eigenvalue weighted by Gasteiger charge is 2.12. The van der Waals surface area contributed by atoms with Gasteiger partial charge >= 0.3 is 0 Å². The molecule has 0 bridgehead atoms. The summed E-state index contributed by atoms with van der Waals surface area (Å²) in [6, 6.07) is 4.37. The number of pyridine rings is 1. The largest absolute Gasteiger partial charge is 0.358 e. The summed E-state index contributed by atoms with van der Waals surface area (Å²) in [4.78, 5) is 9.58. The quantitative estimate of drug-likeness (QED) is 0.745. The Morgan fingerprint density at radius 2 is 2.05 bits per heavy atom. The zero-order valence-corrected chi connectivity index (χ0v) is 13.9. The van der Waals surface area contributed by atoms with Crippen LogP contribution in [0.3, 0.4) is 0 Å². The fraction of sp³-hybridized carbons (Fsp3) is 0.706. The van der Waals surface area contributed by atoms with Gasteiger partial charge in [-0.3, -0.25) is 0 Å². The zero-order valence-electron chi connectivity index (χ0n) is 13.9. The molecule has 4 nitrogen and oxygen atoms in total. The van der Waals surface area contributed by atoms with Gasteiger partial charge in [-0.1, -0.05) is 13.0 Å². The van der Waals surface area contributed by atoms with Crippen LogP contribution < -0.4 is 10.2 Å². The van der Waals surface area contributed by atoms with Crippen LogP contribution in [0.1, 0.15) is 37.4 Å².